The summed E-state index contributed by atoms with van der Waals surface area (Å²) >= 11 is 0. The Morgan fingerprint density at radius 3 is 2.46 bits per heavy atom. The van der Waals surface area contributed by atoms with E-state index in [1.54, 1.807) is 0 Å². The Morgan fingerprint density at radius 2 is 2.08 bits per heavy atom. The maximum Gasteiger partial charge on any atom is 0.219 e. The lowest BCUT2D eigenvalue weighted by Gasteiger charge is -2.38. The van der Waals surface area contributed by atoms with E-state index in [9.17, 15) is 4.79 Å². The number of carbonyl (C=O) groups excluding carboxylic acids is 1. The van der Waals surface area contributed by atoms with Gasteiger partial charge in [-0.05, 0) is 38.6 Å². The minimum absolute atomic E-state index is 0.00164. The van der Waals surface area contributed by atoms with E-state index in [1.165, 1.54) is 12.8 Å². The lowest BCUT2D eigenvalue weighted by molar-refractivity contribution is -0.119. The molecule has 13 heavy (non-hydrogen) atoms. The fourth-order valence-corrected chi connectivity index (χ4v) is 2.16. The monoisotopic (exact) mass is 184 g/mol. The molecule has 3 nitrogen and oxygen atoms in total. The average molecular weight is 184 g/mol. The van der Waals surface area contributed by atoms with E-state index in [2.05, 4.69) is 12.2 Å². The molecule has 0 saturated heterocycles. The number of carbonyl (C=O) groups is 1. The first-order valence-electron chi connectivity index (χ1n) is 5.05. The molecule has 1 fully saturated rings. The highest BCUT2D eigenvalue weighted by atomic mass is 16.1. The van der Waals surface area contributed by atoms with Crippen molar-refractivity contribution in [1.29, 1.82) is 0 Å². The first-order valence-corrected chi connectivity index (χ1v) is 5.05. The van der Waals surface area contributed by atoms with Crippen molar-refractivity contribution >= 4 is 5.91 Å². The normalized spacial score (nSPS) is 34.5. The minimum Gasteiger partial charge on any atom is -0.370 e. The molecule has 1 aliphatic carbocycles. The lowest BCUT2D eigenvalue weighted by atomic mass is 9.75. The van der Waals surface area contributed by atoms with Crippen LogP contribution in [0.1, 0.15) is 39.0 Å². The number of amides is 1. The molecule has 0 atom stereocenters. The van der Waals surface area contributed by atoms with Crippen molar-refractivity contribution in [1.82, 2.24) is 5.32 Å². The number of primary amides is 1. The third kappa shape index (κ3) is 2.69. The molecular formula is C10H20N2O. The zero-order chi connectivity index (χ0) is 9.90. The smallest absolute Gasteiger partial charge is 0.219 e. The van der Waals surface area contributed by atoms with Gasteiger partial charge in [-0.25, -0.2) is 0 Å². The summed E-state index contributed by atoms with van der Waals surface area (Å²) in [6.45, 7) is 2.27. The summed E-state index contributed by atoms with van der Waals surface area (Å²) < 4.78 is 0. The van der Waals surface area contributed by atoms with Gasteiger partial charge in [0.25, 0.3) is 0 Å². The van der Waals surface area contributed by atoms with Crippen molar-refractivity contribution in [2.24, 2.45) is 11.7 Å². The number of hydrogen-bond acceptors (Lipinski definition) is 2. The number of rotatable bonds is 3. The van der Waals surface area contributed by atoms with Crippen LogP contribution in [-0.4, -0.2) is 18.5 Å². The van der Waals surface area contributed by atoms with Gasteiger partial charge in [-0.15, -0.1) is 0 Å². The van der Waals surface area contributed by atoms with Gasteiger partial charge < -0.3 is 11.1 Å². The molecule has 1 saturated carbocycles. The summed E-state index contributed by atoms with van der Waals surface area (Å²) in [5.74, 6) is 0.609. The molecule has 0 aliphatic heterocycles. The summed E-state index contributed by atoms with van der Waals surface area (Å²) in [5, 5.41) is 3.27. The average Bonchev–Trinajstić information content (AvgIpc) is 2.09. The zero-order valence-corrected chi connectivity index (χ0v) is 8.60. The molecule has 1 amide bonds. The van der Waals surface area contributed by atoms with Crippen LogP contribution < -0.4 is 11.1 Å². The molecule has 0 unspecified atom stereocenters. The van der Waals surface area contributed by atoms with Gasteiger partial charge >= 0.3 is 0 Å². The van der Waals surface area contributed by atoms with Crippen molar-refractivity contribution in [3.8, 4) is 0 Å². The van der Waals surface area contributed by atoms with Crippen LogP contribution in [0, 0.1) is 5.92 Å². The molecule has 0 radical (unpaired) electrons. The Kier molecular flexibility index (Phi) is 3.31. The van der Waals surface area contributed by atoms with Gasteiger partial charge in [0.15, 0.2) is 0 Å². The van der Waals surface area contributed by atoms with E-state index in [0.29, 0.717) is 6.42 Å². The van der Waals surface area contributed by atoms with Gasteiger partial charge in [0, 0.05) is 12.0 Å². The van der Waals surface area contributed by atoms with Crippen LogP contribution in [0.15, 0.2) is 0 Å². The Hall–Kier alpha value is -0.570. The molecule has 76 valence electrons. The van der Waals surface area contributed by atoms with E-state index in [4.69, 9.17) is 5.73 Å². The van der Waals surface area contributed by atoms with E-state index < -0.39 is 0 Å². The maximum absolute atomic E-state index is 10.9. The molecule has 0 aromatic heterocycles. The predicted molar refractivity (Wildman–Crippen MR) is 53.2 cm³/mol. The largest absolute Gasteiger partial charge is 0.370 e. The van der Waals surface area contributed by atoms with Crippen LogP contribution in [-0.2, 0) is 4.79 Å². The highest BCUT2D eigenvalue weighted by Crippen LogP contribution is 2.33. The van der Waals surface area contributed by atoms with Crippen molar-refractivity contribution in [3.05, 3.63) is 0 Å². The SMILES string of the molecule is CNC1(CC(N)=O)CCC(C)CC1. The van der Waals surface area contributed by atoms with Crippen molar-refractivity contribution in [3.63, 3.8) is 0 Å². The minimum atomic E-state index is -0.191. The summed E-state index contributed by atoms with van der Waals surface area (Å²) in [6.07, 6.45) is 5.04. The standard InChI is InChI=1S/C10H20N2O/c1-8-3-5-10(12-2,6-4-8)7-9(11)13/h8,12H,3-7H2,1-2H3,(H2,11,13). The lowest BCUT2D eigenvalue weighted by Crippen LogP contribution is -2.48. The van der Waals surface area contributed by atoms with Gasteiger partial charge in [-0.3, -0.25) is 4.79 Å². The van der Waals surface area contributed by atoms with E-state index in [0.717, 1.165) is 18.8 Å². The molecule has 3 heteroatoms. The third-order valence-electron chi connectivity index (χ3n) is 3.27. The van der Waals surface area contributed by atoms with Crippen LogP contribution in [0.4, 0.5) is 0 Å². The Morgan fingerprint density at radius 1 is 1.54 bits per heavy atom. The van der Waals surface area contributed by atoms with Crippen molar-refractivity contribution in [2.75, 3.05) is 7.05 Å². The molecule has 0 aromatic carbocycles. The van der Waals surface area contributed by atoms with E-state index in [1.807, 2.05) is 7.05 Å². The van der Waals surface area contributed by atoms with Gasteiger partial charge in [-0.2, -0.15) is 0 Å². The fraction of sp³-hybridized carbons (Fsp3) is 0.900. The van der Waals surface area contributed by atoms with Crippen LogP contribution in [0.3, 0.4) is 0 Å². The molecule has 1 aliphatic rings. The number of nitrogens with two attached hydrogens (primary N) is 1. The Bertz CT molecular complexity index is 183. The molecule has 0 heterocycles. The number of hydrogen-bond donors (Lipinski definition) is 2. The van der Waals surface area contributed by atoms with Crippen LogP contribution in [0.25, 0.3) is 0 Å². The Labute approximate surface area is 80.1 Å². The quantitative estimate of drug-likeness (QED) is 0.688. The Balaban J connectivity index is 2.55. The zero-order valence-electron chi connectivity index (χ0n) is 8.60. The summed E-state index contributed by atoms with van der Waals surface area (Å²) in [5.41, 5.74) is 5.24. The van der Waals surface area contributed by atoms with Crippen molar-refractivity contribution < 1.29 is 4.79 Å². The predicted octanol–water partition coefficient (Wildman–Crippen LogP) is 1.03. The van der Waals surface area contributed by atoms with Crippen LogP contribution >= 0.6 is 0 Å². The maximum atomic E-state index is 10.9. The second kappa shape index (κ2) is 4.09. The van der Waals surface area contributed by atoms with E-state index in [-0.39, 0.29) is 11.4 Å². The highest BCUT2D eigenvalue weighted by Gasteiger charge is 2.33. The second-order valence-corrected chi connectivity index (χ2v) is 4.36. The molecule has 3 N–H and O–H groups in total. The summed E-state index contributed by atoms with van der Waals surface area (Å²) in [6, 6.07) is 0. The number of nitrogens with one attached hydrogen (secondary N) is 1. The molecule has 0 bridgehead atoms. The summed E-state index contributed by atoms with van der Waals surface area (Å²) in [4.78, 5) is 10.9. The first kappa shape index (κ1) is 10.5. The van der Waals surface area contributed by atoms with Crippen LogP contribution in [0.2, 0.25) is 0 Å². The molecule has 1 rings (SSSR count). The van der Waals surface area contributed by atoms with E-state index >= 15 is 0 Å². The highest BCUT2D eigenvalue weighted by molar-refractivity contribution is 5.75. The fourth-order valence-electron chi connectivity index (χ4n) is 2.16. The van der Waals surface area contributed by atoms with Crippen LogP contribution in [0.5, 0.6) is 0 Å². The van der Waals surface area contributed by atoms with Gasteiger partial charge in [0.2, 0.25) is 5.91 Å². The third-order valence-corrected chi connectivity index (χ3v) is 3.27. The van der Waals surface area contributed by atoms with Gasteiger partial charge in [-0.1, -0.05) is 6.92 Å². The molecule has 0 aromatic rings. The van der Waals surface area contributed by atoms with Gasteiger partial charge in [0.1, 0.15) is 0 Å². The molecule has 0 spiro atoms. The topological polar surface area (TPSA) is 55.1 Å². The summed E-state index contributed by atoms with van der Waals surface area (Å²) in [7, 11) is 1.93. The molecular weight excluding hydrogens is 164 g/mol. The first-order chi connectivity index (χ1) is 6.08. The van der Waals surface area contributed by atoms with Gasteiger partial charge in [0.05, 0.1) is 0 Å². The second-order valence-electron chi connectivity index (χ2n) is 4.36. The van der Waals surface area contributed by atoms with Crippen molar-refractivity contribution in [2.45, 2.75) is 44.6 Å².